The SMILES string of the molecule is COC(=O)c1ccc(OCC(=O)N2N=C(c3cccs3)CC2c2ccco2)c(OC)c1. The van der Waals surface area contributed by atoms with E-state index in [0.29, 0.717) is 29.2 Å². The summed E-state index contributed by atoms with van der Waals surface area (Å²) in [5.41, 5.74) is 1.14. The molecule has 3 heterocycles. The Hall–Kier alpha value is -3.59. The summed E-state index contributed by atoms with van der Waals surface area (Å²) < 4.78 is 21.2. The number of hydrogen-bond donors (Lipinski definition) is 0. The lowest BCUT2D eigenvalue weighted by atomic mass is 10.1. The highest BCUT2D eigenvalue weighted by molar-refractivity contribution is 7.12. The first-order valence-electron chi connectivity index (χ1n) is 9.46. The molecule has 0 N–H and O–H groups in total. The Balaban J connectivity index is 1.52. The van der Waals surface area contributed by atoms with Crippen LogP contribution in [-0.4, -0.2) is 43.4 Å². The molecule has 1 amide bonds. The number of hydrogen-bond acceptors (Lipinski definition) is 8. The summed E-state index contributed by atoms with van der Waals surface area (Å²) in [6, 6.07) is 11.8. The molecular weight excluding hydrogens is 420 g/mol. The third kappa shape index (κ3) is 4.31. The van der Waals surface area contributed by atoms with Crippen molar-refractivity contribution in [3.63, 3.8) is 0 Å². The van der Waals surface area contributed by atoms with Gasteiger partial charge >= 0.3 is 5.97 Å². The highest BCUT2D eigenvalue weighted by Gasteiger charge is 2.35. The molecule has 1 atom stereocenters. The number of nitrogens with zero attached hydrogens (tertiary/aromatic N) is 2. The number of furan rings is 1. The van der Waals surface area contributed by atoms with Crippen LogP contribution in [0.3, 0.4) is 0 Å². The summed E-state index contributed by atoms with van der Waals surface area (Å²) in [5.74, 6) is 0.493. The van der Waals surface area contributed by atoms with Crippen molar-refractivity contribution >= 4 is 28.9 Å². The van der Waals surface area contributed by atoms with Crippen molar-refractivity contribution in [1.82, 2.24) is 5.01 Å². The predicted octanol–water partition coefficient (Wildman–Crippen LogP) is 3.89. The fourth-order valence-corrected chi connectivity index (χ4v) is 3.99. The number of rotatable bonds is 7. The van der Waals surface area contributed by atoms with E-state index in [1.54, 1.807) is 35.8 Å². The van der Waals surface area contributed by atoms with Gasteiger partial charge in [-0.1, -0.05) is 6.07 Å². The van der Waals surface area contributed by atoms with Crippen molar-refractivity contribution in [2.75, 3.05) is 20.8 Å². The largest absolute Gasteiger partial charge is 0.493 e. The Morgan fingerprint density at radius 3 is 2.74 bits per heavy atom. The topological polar surface area (TPSA) is 90.6 Å². The molecule has 0 aliphatic carbocycles. The molecule has 0 radical (unpaired) electrons. The fourth-order valence-electron chi connectivity index (χ4n) is 3.27. The van der Waals surface area contributed by atoms with E-state index in [-0.39, 0.29) is 18.6 Å². The first-order valence-corrected chi connectivity index (χ1v) is 10.3. The van der Waals surface area contributed by atoms with Gasteiger partial charge in [0.1, 0.15) is 11.8 Å². The van der Waals surface area contributed by atoms with Crippen LogP contribution in [0.4, 0.5) is 0 Å². The van der Waals surface area contributed by atoms with E-state index in [4.69, 9.17) is 18.6 Å². The van der Waals surface area contributed by atoms with Gasteiger partial charge in [0.15, 0.2) is 18.1 Å². The Kier molecular flexibility index (Phi) is 6.03. The average molecular weight is 440 g/mol. The molecule has 31 heavy (non-hydrogen) atoms. The number of hydrazone groups is 1. The van der Waals surface area contributed by atoms with Crippen molar-refractivity contribution in [2.24, 2.45) is 5.10 Å². The second kappa shape index (κ2) is 9.05. The van der Waals surface area contributed by atoms with E-state index >= 15 is 0 Å². The van der Waals surface area contributed by atoms with Crippen LogP contribution < -0.4 is 9.47 Å². The Labute approximate surface area is 182 Å². The van der Waals surface area contributed by atoms with Gasteiger partial charge in [0, 0.05) is 6.42 Å². The van der Waals surface area contributed by atoms with E-state index in [9.17, 15) is 9.59 Å². The summed E-state index contributed by atoms with van der Waals surface area (Å²) in [7, 11) is 2.75. The van der Waals surface area contributed by atoms with Gasteiger partial charge in [-0.15, -0.1) is 11.3 Å². The van der Waals surface area contributed by atoms with Gasteiger partial charge in [0.05, 0.1) is 36.6 Å². The first kappa shape index (κ1) is 20.7. The minimum absolute atomic E-state index is 0.258. The second-order valence-electron chi connectivity index (χ2n) is 6.64. The van der Waals surface area contributed by atoms with Crippen LogP contribution >= 0.6 is 11.3 Å². The van der Waals surface area contributed by atoms with Gasteiger partial charge in [0.25, 0.3) is 5.91 Å². The van der Waals surface area contributed by atoms with Crippen molar-refractivity contribution in [2.45, 2.75) is 12.5 Å². The third-order valence-electron chi connectivity index (χ3n) is 4.78. The van der Waals surface area contributed by atoms with Crippen LogP contribution in [0, 0.1) is 0 Å². The molecule has 0 bridgehead atoms. The summed E-state index contributed by atoms with van der Waals surface area (Å²) in [6.45, 7) is -0.258. The molecule has 0 saturated heterocycles. The van der Waals surface area contributed by atoms with E-state index < -0.39 is 5.97 Å². The minimum atomic E-state index is -0.491. The number of esters is 1. The number of methoxy groups -OCH3 is 2. The molecule has 0 fully saturated rings. The van der Waals surface area contributed by atoms with Crippen molar-refractivity contribution < 1.29 is 28.2 Å². The molecule has 3 aromatic rings. The van der Waals surface area contributed by atoms with Crippen molar-refractivity contribution in [1.29, 1.82) is 0 Å². The third-order valence-corrected chi connectivity index (χ3v) is 5.70. The maximum atomic E-state index is 13.0. The van der Waals surface area contributed by atoms with Gasteiger partial charge in [-0.05, 0) is 41.8 Å². The highest BCUT2D eigenvalue weighted by Crippen LogP contribution is 2.34. The van der Waals surface area contributed by atoms with E-state index in [1.807, 2.05) is 23.6 Å². The van der Waals surface area contributed by atoms with Crippen LogP contribution in [0.15, 0.2) is 63.6 Å². The maximum absolute atomic E-state index is 13.0. The van der Waals surface area contributed by atoms with Crippen molar-refractivity contribution in [3.8, 4) is 11.5 Å². The predicted molar refractivity (Wildman–Crippen MR) is 114 cm³/mol. The molecule has 1 unspecified atom stereocenters. The quantitative estimate of drug-likeness (QED) is 0.518. The van der Waals surface area contributed by atoms with Gasteiger partial charge in [0.2, 0.25) is 0 Å². The number of benzene rings is 1. The fraction of sp³-hybridized carbons (Fsp3) is 0.227. The summed E-state index contributed by atoms with van der Waals surface area (Å²) in [5, 5.41) is 7.93. The number of ether oxygens (including phenoxy) is 3. The minimum Gasteiger partial charge on any atom is -0.493 e. The average Bonchev–Trinajstić information content (AvgIpc) is 3.56. The highest BCUT2D eigenvalue weighted by atomic mass is 32.1. The molecule has 160 valence electrons. The van der Waals surface area contributed by atoms with Crippen molar-refractivity contribution in [3.05, 3.63) is 70.3 Å². The lowest BCUT2D eigenvalue weighted by molar-refractivity contribution is -0.135. The Morgan fingerprint density at radius 1 is 1.19 bits per heavy atom. The van der Waals surface area contributed by atoms with Gasteiger partial charge < -0.3 is 18.6 Å². The van der Waals surface area contributed by atoms with Crippen LogP contribution in [0.5, 0.6) is 11.5 Å². The van der Waals surface area contributed by atoms with E-state index in [1.165, 1.54) is 25.3 Å². The molecule has 0 saturated carbocycles. The zero-order valence-electron chi connectivity index (χ0n) is 16.9. The lowest BCUT2D eigenvalue weighted by Gasteiger charge is -2.20. The molecule has 8 nitrogen and oxygen atoms in total. The zero-order chi connectivity index (χ0) is 21.8. The lowest BCUT2D eigenvalue weighted by Crippen LogP contribution is -2.31. The molecule has 9 heteroatoms. The van der Waals surface area contributed by atoms with Crippen LogP contribution in [-0.2, 0) is 9.53 Å². The summed E-state index contributed by atoms with van der Waals surface area (Å²) in [6.07, 6.45) is 2.13. The second-order valence-corrected chi connectivity index (χ2v) is 7.59. The molecule has 2 aromatic heterocycles. The maximum Gasteiger partial charge on any atom is 0.337 e. The standard InChI is InChI=1S/C22H20N2O6S/c1-27-19-11-14(22(26)28-2)7-8-18(19)30-13-21(25)24-16(17-5-3-9-29-17)12-15(23-24)20-6-4-10-31-20/h3-11,16H,12-13H2,1-2H3. The molecule has 0 spiro atoms. The Morgan fingerprint density at radius 2 is 2.06 bits per heavy atom. The molecule has 1 aliphatic heterocycles. The van der Waals surface area contributed by atoms with E-state index in [0.717, 1.165) is 10.6 Å². The van der Waals surface area contributed by atoms with Gasteiger partial charge in [-0.3, -0.25) is 4.79 Å². The summed E-state index contributed by atoms with van der Waals surface area (Å²) >= 11 is 1.57. The van der Waals surface area contributed by atoms with Gasteiger partial charge in [-0.2, -0.15) is 5.10 Å². The molecule has 4 rings (SSSR count). The number of carbonyl (C=O) groups is 2. The first-order chi connectivity index (χ1) is 15.1. The Bertz CT molecular complexity index is 1090. The molecule has 1 aromatic carbocycles. The normalized spacial score (nSPS) is 15.5. The zero-order valence-corrected chi connectivity index (χ0v) is 17.8. The molecule has 1 aliphatic rings. The van der Waals surface area contributed by atoms with Crippen LogP contribution in [0.1, 0.15) is 33.5 Å². The number of thiophene rings is 1. The van der Waals surface area contributed by atoms with E-state index in [2.05, 4.69) is 5.10 Å². The van der Waals surface area contributed by atoms with Crippen LogP contribution in [0.25, 0.3) is 0 Å². The monoisotopic (exact) mass is 440 g/mol. The molecular formula is C22H20N2O6S. The summed E-state index contributed by atoms with van der Waals surface area (Å²) in [4.78, 5) is 25.7. The van der Waals surface area contributed by atoms with Gasteiger partial charge in [-0.25, -0.2) is 9.80 Å². The smallest absolute Gasteiger partial charge is 0.337 e. The number of carbonyl (C=O) groups excluding carboxylic acids is 2. The van der Waals surface area contributed by atoms with Crippen LogP contribution in [0.2, 0.25) is 0 Å². The number of amides is 1.